The lowest BCUT2D eigenvalue weighted by Gasteiger charge is -2.41. The van der Waals surface area contributed by atoms with Crippen molar-refractivity contribution < 1.29 is 14.3 Å². The number of Topliss-reactive ketones (excluding diaryl/α,β-unsaturated/α-hetero) is 1. The van der Waals surface area contributed by atoms with Crippen molar-refractivity contribution in [1.82, 2.24) is 10.2 Å². The summed E-state index contributed by atoms with van der Waals surface area (Å²) < 4.78 is 11.5. The van der Waals surface area contributed by atoms with Gasteiger partial charge < -0.3 is 19.7 Å². The molecule has 0 amide bonds. The number of carbonyl (C=O) groups is 1. The summed E-state index contributed by atoms with van der Waals surface area (Å²) in [7, 11) is 0. The zero-order valence-corrected chi connectivity index (χ0v) is 18.6. The van der Waals surface area contributed by atoms with E-state index in [1.165, 1.54) is 0 Å². The van der Waals surface area contributed by atoms with Crippen LogP contribution in [0.4, 0.5) is 0 Å². The highest BCUT2D eigenvalue weighted by Gasteiger charge is 2.39. The second kappa shape index (κ2) is 8.89. The topological polar surface area (TPSA) is 50.8 Å². The van der Waals surface area contributed by atoms with Gasteiger partial charge in [-0.2, -0.15) is 0 Å². The zero-order chi connectivity index (χ0) is 20.4. The van der Waals surface area contributed by atoms with E-state index in [0.717, 1.165) is 24.1 Å². The molecule has 8 heteroatoms. The van der Waals surface area contributed by atoms with Crippen molar-refractivity contribution in [3.05, 3.63) is 32.9 Å². The van der Waals surface area contributed by atoms with E-state index in [-0.39, 0.29) is 5.78 Å². The molecule has 1 heterocycles. The number of thiocarbonyl (C=S) groups is 1. The molecule has 1 unspecified atom stereocenters. The molecule has 1 aliphatic heterocycles. The molecule has 5 nitrogen and oxygen atoms in total. The average molecular weight is 443 g/mol. The molecule has 1 aromatic carbocycles. The molecule has 0 fully saturated rings. The second-order valence-electron chi connectivity index (χ2n) is 6.55. The number of carbonyl (C=O) groups excluding carboxylic acids is 1. The van der Waals surface area contributed by atoms with Crippen molar-refractivity contribution in [2.45, 2.75) is 46.1 Å². The molecule has 1 atom stereocenters. The highest BCUT2D eigenvalue weighted by molar-refractivity contribution is 7.80. The van der Waals surface area contributed by atoms with Crippen LogP contribution in [0.5, 0.6) is 11.5 Å². The smallest absolute Gasteiger partial charge is 0.173 e. The number of ether oxygens (including phenoxy) is 2. The number of ketones is 1. The van der Waals surface area contributed by atoms with Gasteiger partial charge in [-0.25, -0.2) is 0 Å². The summed E-state index contributed by atoms with van der Waals surface area (Å²) in [6, 6.07) is 1.31. The number of allylic oxidation sites excluding steroid dienone is 1. The Labute approximate surface area is 181 Å². The Morgan fingerprint density at radius 1 is 1.18 bits per heavy atom. The minimum Gasteiger partial charge on any atom is -0.492 e. The SMILES string of the molecule is CCOc1c(Cl)cc(C2NC(=S)N(CC)C3=C2C(=O)CCC3)c(OCC)c1Cl. The highest BCUT2D eigenvalue weighted by atomic mass is 35.5. The van der Waals surface area contributed by atoms with Crippen LogP contribution in [0.15, 0.2) is 17.3 Å². The van der Waals surface area contributed by atoms with Crippen LogP contribution in [-0.2, 0) is 4.79 Å². The minimum atomic E-state index is -0.453. The second-order valence-corrected chi connectivity index (χ2v) is 7.72. The standard InChI is InChI=1S/C20H24Cl2N2O3S/c1-4-24-13-8-7-9-14(25)15(13)17(23-20(24)28)11-10-12(21)19(27-6-3)16(22)18(11)26-5-2/h10,17H,4-9H2,1-3H3,(H,23,28). The first kappa shape index (κ1) is 21.2. The Bertz CT molecular complexity index is 841. The van der Waals surface area contributed by atoms with E-state index in [4.69, 9.17) is 44.9 Å². The van der Waals surface area contributed by atoms with E-state index in [9.17, 15) is 4.79 Å². The summed E-state index contributed by atoms with van der Waals surface area (Å²) >= 11 is 18.7. The van der Waals surface area contributed by atoms with E-state index in [1.807, 2.05) is 25.7 Å². The molecule has 3 rings (SSSR count). The molecule has 0 saturated heterocycles. The number of halogens is 2. The van der Waals surface area contributed by atoms with Gasteiger partial charge in [0.05, 0.1) is 24.3 Å². The Kier molecular flexibility index (Phi) is 6.73. The van der Waals surface area contributed by atoms with Gasteiger partial charge in [-0.05, 0) is 51.9 Å². The lowest BCUT2D eigenvalue weighted by molar-refractivity contribution is -0.116. The van der Waals surface area contributed by atoms with E-state index < -0.39 is 6.04 Å². The summed E-state index contributed by atoms with van der Waals surface area (Å²) in [5, 5.41) is 4.58. The summed E-state index contributed by atoms with van der Waals surface area (Å²) in [6.45, 7) is 7.30. The van der Waals surface area contributed by atoms with Gasteiger partial charge >= 0.3 is 0 Å². The van der Waals surface area contributed by atoms with Gasteiger partial charge in [0.1, 0.15) is 10.8 Å². The van der Waals surface area contributed by atoms with Crippen molar-refractivity contribution in [3.63, 3.8) is 0 Å². The van der Waals surface area contributed by atoms with Gasteiger partial charge in [0.25, 0.3) is 0 Å². The lowest BCUT2D eigenvalue weighted by Crippen LogP contribution is -2.49. The summed E-state index contributed by atoms with van der Waals surface area (Å²) in [5.74, 6) is 0.964. The first-order chi connectivity index (χ1) is 13.4. The normalized spacial score (nSPS) is 19.5. The zero-order valence-electron chi connectivity index (χ0n) is 16.2. The van der Waals surface area contributed by atoms with Gasteiger partial charge in [-0.1, -0.05) is 23.2 Å². The fourth-order valence-electron chi connectivity index (χ4n) is 3.80. The number of benzene rings is 1. The summed E-state index contributed by atoms with van der Waals surface area (Å²) in [4.78, 5) is 14.9. The van der Waals surface area contributed by atoms with Crippen LogP contribution in [0.2, 0.25) is 10.0 Å². The fraction of sp³-hybridized carbons (Fsp3) is 0.500. The number of nitrogens with zero attached hydrogens (tertiary/aromatic N) is 1. The Morgan fingerprint density at radius 2 is 1.86 bits per heavy atom. The van der Waals surface area contributed by atoms with Gasteiger partial charge in [-0.15, -0.1) is 0 Å². The van der Waals surface area contributed by atoms with Crippen molar-refractivity contribution >= 4 is 46.3 Å². The maximum atomic E-state index is 12.9. The van der Waals surface area contributed by atoms with Crippen LogP contribution in [0.3, 0.4) is 0 Å². The monoisotopic (exact) mass is 442 g/mol. The molecule has 28 heavy (non-hydrogen) atoms. The molecular formula is C20H24Cl2N2O3S. The van der Waals surface area contributed by atoms with Gasteiger partial charge in [0.15, 0.2) is 16.6 Å². The molecule has 1 N–H and O–H groups in total. The maximum Gasteiger partial charge on any atom is 0.173 e. The third kappa shape index (κ3) is 3.70. The number of hydrogen-bond acceptors (Lipinski definition) is 4. The van der Waals surface area contributed by atoms with Crippen LogP contribution >= 0.6 is 35.4 Å². The third-order valence-corrected chi connectivity index (χ3v) is 5.88. The van der Waals surface area contributed by atoms with E-state index in [0.29, 0.717) is 58.4 Å². The molecule has 0 bridgehead atoms. The quantitative estimate of drug-likeness (QED) is 0.621. The number of nitrogens with one attached hydrogen (secondary N) is 1. The first-order valence-electron chi connectivity index (χ1n) is 9.56. The lowest BCUT2D eigenvalue weighted by atomic mass is 9.84. The largest absolute Gasteiger partial charge is 0.492 e. The van der Waals surface area contributed by atoms with Crippen molar-refractivity contribution in [3.8, 4) is 11.5 Å². The minimum absolute atomic E-state index is 0.114. The molecule has 152 valence electrons. The van der Waals surface area contributed by atoms with E-state index in [2.05, 4.69) is 5.32 Å². The molecular weight excluding hydrogens is 419 g/mol. The molecule has 1 aliphatic carbocycles. The molecule has 0 spiro atoms. The van der Waals surface area contributed by atoms with Crippen LogP contribution in [0, 0.1) is 0 Å². The predicted octanol–water partition coefficient (Wildman–Crippen LogP) is 5.05. The fourth-order valence-corrected chi connectivity index (χ4v) is 4.80. The molecule has 0 radical (unpaired) electrons. The van der Waals surface area contributed by atoms with Crippen LogP contribution < -0.4 is 14.8 Å². The Balaban J connectivity index is 2.21. The maximum absolute atomic E-state index is 12.9. The average Bonchev–Trinajstić information content (AvgIpc) is 2.67. The molecule has 1 aromatic rings. The molecule has 0 aromatic heterocycles. The molecule has 2 aliphatic rings. The van der Waals surface area contributed by atoms with Gasteiger partial charge in [-0.3, -0.25) is 4.79 Å². The Morgan fingerprint density at radius 3 is 2.50 bits per heavy atom. The number of rotatable bonds is 6. The first-order valence-corrected chi connectivity index (χ1v) is 10.7. The van der Waals surface area contributed by atoms with Crippen molar-refractivity contribution in [1.29, 1.82) is 0 Å². The van der Waals surface area contributed by atoms with Gasteiger partial charge in [0.2, 0.25) is 0 Å². The van der Waals surface area contributed by atoms with Crippen LogP contribution in [-0.4, -0.2) is 35.6 Å². The predicted molar refractivity (Wildman–Crippen MR) is 116 cm³/mol. The highest BCUT2D eigenvalue weighted by Crippen LogP contribution is 2.48. The third-order valence-electron chi connectivity index (χ3n) is 4.92. The van der Waals surface area contributed by atoms with Crippen LogP contribution in [0.25, 0.3) is 0 Å². The van der Waals surface area contributed by atoms with Crippen LogP contribution in [0.1, 0.15) is 51.6 Å². The van der Waals surface area contributed by atoms with E-state index in [1.54, 1.807) is 6.07 Å². The number of hydrogen-bond donors (Lipinski definition) is 1. The van der Waals surface area contributed by atoms with Crippen molar-refractivity contribution in [2.24, 2.45) is 0 Å². The van der Waals surface area contributed by atoms with Crippen molar-refractivity contribution in [2.75, 3.05) is 19.8 Å². The summed E-state index contributed by atoms with van der Waals surface area (Å²) in [5.41, 5.74) is 2.40. The van der Waals surface area contributed by atoms with E-state index >= 15 is 0 Å². The molecule has 0 saturated carbocycles. The Hall–Kier alpha value is -1.50. The summed E-state index contributed by atoms with van der Waals surface area (Å²) in [6.07, 6.45) is 2.16. The van der Waals surface area contributed by atoms with Gasteiger partial charge in [0, 0.05) is 29.8 Å².